The van der Waals surface area contributed by atoms with Crippen molar-refractivity contribution >= 4 is 27.5 Å². The second-order valence-electron chi connectivity index (χ2n) is 7.05. The van der Waals surface area contributed by atoms with E-state index in [4.69, 9.17) is 0 Å². The first-order valence-electron chi connectivity index (χ1n) is 9.58. The summed E-state index contributed by atoms with van der Waals surface area (Å²) < 4.78 is 26.6. The number of nitrogens with zero attached hydrogens (tertiary/aromatic N) is 1. The van der Waals surface area contributed by atoms with Crippen molar-refractivity contribution in [3.63, 3.8) is 0 Å². The summed E-state index contributed by atoms with van der Waals surface area (Å²) in [5.74, 6) is -0.495. The molecule has 1 aliphatic heterocycles. The zero-order chi connectivity index (χ0) is 20.9. The fourth-order valence-electron chi connectivity index (χ4n) is 3.37. The number of rotatable bonds is 7. The van der Waals surface area contributed by atoms with Crippen molar-refractivity contribution in [2.75, 3.05) is 18.4 Å². The van der Waals surface area contributed by atoms with Crippen LogP contribution in [0.3, 0.4) is 0 Å². The van der Waals surface area contributed by atoms with Crippen LogP contribution in [-0.4, -0.2) is 37.6 Å². The van der Waals surface area contributed by atoms with Crippen LogP contribution < -0.4 is 10.6 Å². The van der Waals surface area contributed by atoms with Gasteiger partial charge in [-0.15, -0.1) is 0 Å². The molecule has 0 aromatic heterocycles. The molecule has 7 nitrogen and oxygen atoms in total. The van der Waals surface area contributed by atoms with Crippen molar-refractivity contribution in [2.24, 2.45) is 0 Å². The SMILES string of the molecule is CC(=O)N[C@@H](CC(=O)Nc1ccc(S(=O)(=O)N2CCCC2)cc1)c1ccccc1. The van der Waals surface area contributed by atoms with Crippen molar-refractivity contribution in [3.05, 3.63) is 60.2 Å². The average Bonchev–Trinajstić information content (AvgIpc) is 3.24. The monoisotopic (exact) mass is 415 g/mol. The molecule has 154 valence electrons. The van der Waals surface area contributed by atoms with E-state index in [-0.39, 0.29) is 23.1 Å². The standard InChI is InChI=1S/C21H25N3O4S/c1-16(25)22-20(17-7-3-2-4-8-17)15-21(26)23-18-9-11-19(12-10-18)29(27,28)24-13-5-6-14-24/h2-4,7-12,20H,5-6,13-15H2,1H3,(H,22,25)(H,23,26)/t20-/m0/s1. The van der Waals surface area contributed by atoms with Crippen molar-refractivity contribution in [2.45, 2.75) is 37.1 Å². The average molecular weight is 416 g/mol. The second kappa shape index (κ2) is 9.19. The molecule has 0 aliphatic carbocycles. The third kappa shape index (κ3) is 5.42. The van der Waals surface area contributed by atoms with E-state index in [0.717, 1.165) is 18.4 Å². The Bertz CT molecular complexity index is 953. The van der Waals surface area contributed by atoms with E-state index in [0.29, 0.717) is 18.8 Å². The van der Waals surface area contributed by atoms with Gasteiger partial charge in [-0.25, -0.2) is 8.42 Å². The summed E-state index contributed by atoms with van der Waals surface area (Å²) >= 11 is 0. The van der Waals surface area contributed by atoms with Gasteiger partial charge in [0.2, 0.25) is 21.8 Å². The maximum Gasteiger partial charge on any atom is 0.243 e. The fraction of sp³-hybridized carbons (Fsp3) is 0.333. The minimum Gasteiger partial charge on any atom is -0.349 e. The zero-order valence-corrected chi connectivity index (χ0v) is 17.1. The van der Waals surface area contributed by atoms with Crippen molar-refractivity contribution in [1.29, 1.82) is 0 Å². The molecule has 0 bridgehead atoms. The topological polar surface area (TPSA) is 95.6 Å². The first-order chi connectivity index (χ1) is 13.9. The van der Waals surface area contributed by atoms with E-state index < -0.39 is 16.1 Å². The molecule has 1 fully saturated rings. The quantitative estimate of drug-likeness (QED) is 0.727. The molecule has 1 heterocycles. The number of sulfonamides is 1. The van der Waals surface area contributed by atoms with Crippen LogP contribution in [0.4, 0.5) is 5.69 Å². The number of hydrogen-bond donors (Lipinski definition) is 2. The highest BCUT2D eigenvalue weighted by atomic mass is 32.2. The van der Waals surface area contributed by atoms with Gasteiger partial charge < -0.3 is 10.6 Å². The third-order valence-electron chi connectivity index (χ3n) is 4.81. The van der Waals surface area contributed by atoms with Crippen molar-refractivity contribution in [3.8, 4) is 0 Å². The summed E-state index contributed by atoms with van der Waals surface area (Å²) in [6, 6.07) is 15.0. The highest BCUT2D eigenvalue weighted by molar-refractivity contribution is 7.89. The molecule has 0 unspecified atom stereocenters. The van der Waals surface area contributed by atoms with Gasteiger partial charge in [-0.1, -0.05) is 30.3 Å². The smallest absolute Gasteiger partial charge is 0.243 e. The van der Waals surface area contributed by atoms with Gasteiger partial charge in [0.15, 0.2) is 0 Å². The van der Waals surface area contributed by atoms with Crippen LogP contribution >= 0.6 is 0 Å². The summed E-state index contributed by atoms with van der Waals surface area (Å²) in [4.78, 5) is 24.2. The van der Waals surface area contributed by atoms with Crippen LogP contribution in [0.2, 0.25) is 0 Å². The molecule has 2 aromatic carbocycles. The lowest BCUT2D eigenvalue weighted by molar-refractivity contribution is -0.120. The predicted molar refractivity (Wildman–Crippen MR) is 111 cm³/mol. The number of benzene rings is 2. The molecule has 1 aliphatic rings. The summed E-state index contributed by atoms with van der Waals surface area (Å²) in [5, 5.41) is 5.55. The normalized spacial score (nSPS) is 15.6. The zero-order valence-electron chi connectivity index (χ0n) is 16.3. The second-order valence-corrected chi connectivity index (χ2v) is 8.99. The van der Waals surface area contributed by atoms with Crippen LogP contribution in [0, 0.1) is 0 Å². The highest BCUT2D eigenvalue weighted by Crippen LogP contribution is 2.23. The van der Waals surface area contributed by atoms with E-state index in [1.165, 1.54) is 23.4 Å². The third-order valence-corrected chi connectivity index (χ3v) is 6.72. The highest BCUT2D eigenvalue weighted by Gasteiger charge is 2.27. The fourth-order valence-corrected chi connectivity index (χ4v) is 4.89. The number of amides is 2. The molecule has 1 atom stereocenters. The summed E-state index contributed by atoms with van der Waals surface area (Å²) in [6.07, 6.45) is 1.83. The molecule has 8 heteroatoms. The molecule has 3 rings (SSSR count). The number of carbonyl (C=O) groups excluding carboxylic acids is 2. The van der Waals surface area contributed by atoms with Gasteiger partial charge in [0.25, 0.3) is 0 Å². The Kier molecular flexibility index (Phi) is 6.66. The van der Waals surface area contributed by atoms with Crippen molar-refractivity contribution in [1.82, 2.24) is 9.62 Å². The lowest BCUT2D eigenvalue weighted by Gasteiger charge is -2.18. The van der Waals surface area contributed by atoms with Crippen LogP contribution in [0.1, 0.15) is 37.8 Å². The molecule has 2 amide bonds. The van der Waals surface area contributed by atoms with Gasteiger partial charge in [-0.2, -0.15) is 4.31 Å². The Hall–Kier alpha value is -2.71. The van der Waals surface area contributed by atoms with Crippen LogP contribution in [0.5, 0.6) is 0 Å². The summed E-state index contributed by atoms with van der Waals surface area (Å²) in [6.45, 7) is 2.50. The maximum absolute atomic E-state index is 12.6. The number of hydrogen-bond acceptors (Lipinski definition) is 4. The van der Waals surface area contributed by atoms with Crippen LogP contribution in [0.15, 0.2) is 59.5 Å². The number of carbonyl (C=O) groups is 2. The van der Waals surface area contributed by atoms with E-state index >= 15 is 0 Å². The maximum atomic E-state index is 12.6. The first-order valence-corrected chi connectivity index (χ1v) is 11.0. The van der Waals surface area contributed by atoms with E-state index in [1.54, 1.807) is 12.1 Å². The van der Waals surface area contributed by atoms with Gasteiger partial charge in [0.1, 0.15) is 0 Å². The first kappa shape index (κ1) is 21.0. The Morgan fingerprint density at radius 1 is 1.00 bits per heavy atom. The Morgan fingerprint density at radius 2 is 1.62 bits per heavy atom. The molecule has 1 saturated heterocycles. The lowest BCUT2D eigenvalue weighted by Crippen LogP contribution is -2.29. The van der Waals surface area contributed by atoms with Crippen LogP contribution in [0.25, 0.3) is 0 Å². The summed E-state index contributed by atoms with van der Waals surface area (Å²) in [5.41, 5.74) is 1.34. The Labute approximate surface area is 171 Å². The minimum atomic E-state index is -3.48. The summed E-state index contributed by atoms with van der Waals surface area (Å²) in [7, 11) is -3.48. The molecule has 0 saturated carbocycles. The van der Waals surface area contributed by atoms with Crippen molar-refractivity contribution < 1.29 is 18.0 Å². The Morgan fingerprint density at radius 3 is 2.21 bits per heavy atom. The van der Waals surface area contributed by atoms with Gasteiger partial charge >= 0.3 is 0 Å². The molecule has 2 N–H and O–H groups in total. The van der Waals surface area contributed by atoms with E-state index in [2.05, 4.69) is 10.6 Å². The number of anilines is 1. The number of nitrogens with one attached hydrogen (secondary N) is 2. The van der Waals surface area contributed by atoms with E-state index in [9.17, 15) is 18.0 Å². The lowest BCUT2D eigenvalue weighted by atomic mass is 10.0. The molecule has 2 aromatic rings. The molecule has 29 heavy (non-hydrogen) atoms. The minimum absolute atomic E-state index is 0.0669. The van der Waals surface area contributed by atoms with Crippen LogP contribution in [-0.2, 0) is 19.6 Å². The molecular weight excluding hydrogens is 390 g/mol. The van der Waals surface area contributed by atoms with E-state index in [1.807, 2.05) is 30.3 Å². The molecule has 0 spiro atoms. The molecule has 0 radical (unpaired) electrons. The Balaban J connectivity index is 1.66. The molecular formula is C21H25N3O4S. The van der Waals surface area contributed by atoms with Gasteiger partial charge in [-0.05, 0) is 42.7 Å². The predicted octanol–water partition coefficient (Wildman–Crippen LogP) is 2.68. The van der Waals surface area contributed by atoms with Gasteiger partial charge in [-0.3, -0.25) is 9.59 Å². The van der Waals surface area contributed by atoms with Gasteiger partial charge in [0.05, 0.1) is 17.4 Å². The largest absolute Gasteiger partial charge is 0.349 e. The van der Waals surface area contributed by atoms with Gasteiger partial charge in [0, 0.05) is 25.7 Å².